The first-order valence-corrected chi connectivity index (χ1v) is 10.2. The van der Waals surface area contributed by atoms with Crippen molar-refractivity contribution >= 4 is 28.6 Å². The van der Waals surface area contributed by atoms with Crippen molar-refractivity contribution in [2.75, 3.05) is 26.2 Å². The molecule has 0 atom stereocenters. The predicted molar refractivity (Wildman–Crippen MR) is 98.9 cm³/mol. The van der Waals surface area contributed by atoms with Gasteiger partial charge in [0, 0.05) is 36.9 Å². The number of thiazole rings is 2. The second-order valence-corrected chi connectivity index (χ2v) is 8.50. The summed E-state index contributed by atoms with van der Waals surface area (Å²) in [6.45, 7) is 10.6. The zero-order valence-corrected chi connectivity index (χ0v) is 16.1. The second-order valence-electron chi connectivity index (χ2n) is 6.49. The lowest BCUT2D eigenvalue weighted by atomic mass is 10.2. The fourth-order valence-electron chi connectivity index (χ4n) is 2.81. The average Bonchev–Trinajstić information content (AvgIpc) is 3.12. The Morgan fingerprint density at radius 3 is 2.67 bits per heavy atom. The minimum Gasteiger partial charge on any atom is -0.336 e. The highest BCUT2D eigenvalue weighted by molar-refractivity contribution is 7.10. The third kappa shape index (κ3) is 4.20. The van der Waals surface area contributed by atoms with Crippen LogP contribution in [0.25, 0.3) is 0 Å². The quantitative estimate of drug-likeness (QED) is 0.834. The van der Waals surface area contributed by atoms with Gasteiger partial charge in [-0.3, -0.25) is 9.69 Å². The van der Waals surface area contributed by atoms with E-state index in [1.807, 2.05) is 17.2 Å². The number of rotatable bonds is 4. The number of carbonyl (C=O) groups excluding carboxylic acids is 1. The van der Waals surface area contributed by atoms with Gasteiger partial charge in [-0.05, 0) is 19.3 Å². The van der Waals surface area contributed by atoms with Gasteiger partial charge < -0.3 is 4.90 Å². The SMILES string of the molecule is Cc1nc(C(=O)N2CCCN(Cc3nc(C(C)C)cs3)CC2)cs1. The highest BCUT2D eigenvalue weighted by atomic mass is 32.1. The summed E-state index contributed by atoms with van der Waals surface area (Å²) < 4.78 is 0. The highest BCUT2D eigenvalue weighted by Gasteiger charge is 2.22. The van der Waals surface area contributed by atoms with Crippen molar-refractivity contribution in [3.8, 4) is 0 Å². The van der Waals surface area contributed by atoms with Gasteiger partial charge in [-0.25, -0.2) is 9.97 Å². The molecule has 0 N–H and O–H groups in total. The van der Waals surface area contributed by atoms with Gasteiger partial charge in [0.25, 0.3) is 5.91 Å². The molecule has 3 heterocycles. The molecule has 1 amide bonds. The number of hydrogen-bond acceptors (Lipinski definition) is 6. The Kier molecular flexibility index (Phi) is 5.63. The Hall–Kier alpha value is -1.31. The molecule has 130 valence electrons. The van der Waals surface area contributed by atoms with Crippen molar-refractivity contribution in [2.24, 2.45) is 0 Å². The van der Waals surface area contributed by atoms with E-state index in [1.54, 1.807) is 11.3 Å². The molecule has 0 aromatic carbocycles. The summed E-state index contributed by atoms with van der Waals surface area (Å²) in [7, 11) is 0. The van der Waals surface area contributed by atoms with Crippen LogP contribution in [0, 0.1) is 6.92 Å². The lowest BCUT2D eigenvalue weighted by molar-refractivity contribution is 0.0756. The van der Waals surface area contributed by atoms with E-state index in [4.69, 9.17) is 4.98 Å². The van der Waals surface area contributed by atoms with Crippen LogP contribution in [-0.2, 0) is 6.54 Å². The largest absolute Gasteiger partial charge is 0.336 e. The van der Waals surface area contributed by atoms with E-state index in [-0.39, 0.29) is 5.91 Å². The van der Waals surface area contributed by atoms with Crippen LogP contribution in [0.15, 0.2) is 10.8 Å². The Bertz CT molecular complexity index is 694. The van der Waals surface area contributed by atoms with Gasteiger partial charge in [0.05, 0.1) is 17.2 Å². The smallest absolute Gasteiger partial charge is 0.273 e. The molecule has 0 aliphatic carbocycles. The summed E-state index contributed by atoms with van der Waals surface area (Å²) in [4.78, 5) is 26.0. The molecular formula is C17H24N4OS2. The third-order valence-electron chi connectivity index (χ3n) is 4.23. The monoisotopic (exact) mass is 364 g/mol. The number of aryl methyl sites for hydroxylation is 1. The number of nitrogens with zero attached hydrogens (tertiary/aromatic N) is 4. The van der Waals surface area contributed by atoms with Crippen molar-refractivity contribution in [3.05, 3.63) is 32.2 Å². The van der Waals surface area contributed by atoms with E-state index < -0.39 is 0 Å². The first kappa shape index (κ1) is 17.5. The molecule has 0 saturated carbocycles. The molecule has 2 aromatic rings. The molecular weight excluding hydrogens is 340 g/mol. The van der Waals surface area contributed by atoms with Gasteiger partial charge >= 0.3 is 0 Å². The van der Waals surface area contributed by atoms with Gasteiger partial charge in [0.1, 0.15) is 10.7 Å². The average molecular weight is 365 g/mol. The topological polar surface area (TPSA) is 49.3 Å². The maximum absolute atomic E-state index is 12.6. The fraction of sp³-hybridized carbons (Fsp3) is 0.588. The van der Waals surface area contributed by atoms with Crippen LogP contribution < -0.4 is 0 Å². The van der Waals surface area contributed by atoms with Crippen molar-refractivity contribution in [1.82, 2.24) is 19.8 Å². The van der Waals surface area contributed by atoms with Crippen LogP contribution in [0.3, 0.4) is 0 Å². The number of amides is 1. The van der Waals surface area contributed by atoms with Crippen molar-refractivity contribution < 1.29 is 4.79 Å². The molecule has 2 aromatic heterocycles. The standard InChI is InChI=1S/C17H24N4OS2/c1-12(2)14-10-24-16(19-14)9-20-5-4-6-21(8-7-20)17(22)15-11-23-13(3)18-15/h10-12H,4-9H2,1-3H3. The van der Waals surface area contributed by atoms with Gasteiger partial charge in [0.2, 0.25) is 0 Å². The first-order chi connectivity index (χ1) is 11.5. The van der Waals surface area contributed by atoms with E-state index in [9.17, 15) is 4.79 Å². The fourth-order valence-corrected chi connectivity index (χ4v) is 4.39. The van der Waals surface area contributed by atoms with Gasteiger partial charge in [-0.1, -0.05) is 13.8 Å². The van der Waals surface area contributed by atoms with Crippen LogP contribution in [0.2, 0.25) is 0 Å². The maximum atomic E-state index is 12.6. The van der Waals surface area contributed by atoms with Crippen molar-refractivity contribution in [2.45, 2.75) is 39.7 Å². The van der Waals surface area contributed by atoms with Crippen LogP contribution in [0.4, 0.5) is 0 Å². The summed E-state index contributed by atoms with van der Waals surface area (Å²) in [5, 5.41) is 6.15. The lowest BCUT2D eigenvalue weighted by Crippen LogP contribution is -2.35. The summed E-state index contributed by atoms with van der Waals surface area (Å²) >= 11 is 3.28. The molecule has 0 unspecified atom stereocenters. The summed E-state index contributed by atoms with van der Waals surface area (Å²) in [5.74, 6) is 0.548. The molecule has 3 rings (SSSR count). The normalized spacial score (nSPS) is 16.6. The highest BCUT2D eigenvalue weighted by Crippen LogP contribution is 2.20. The molecule has 1 fully saturated rings. The molecule has 7 heteroatoms. The molecule has 1 aliphatic rings. The van der Waals surface area contributed by atoms with E-state index >= 15 is 0 Å². The Balaban J connectivity index is 1.57. The Labute approximate surface area is 151 Å². The first-order valence-electron chi connectivity index (χ1n) is 8.41. The maximum Gasteiger partial charge on any atom is 0.273 e. The summed E-state index contributed by atoms with van der Waals surface area (Å²) in [5.41, 5.74) is 1.77. The molecule has 0 bridgehead atoms. The van der Waals surface area contributed by atoms with E-state index in [0.717, 1.165) is 44.2 Å². The third-order valence-corrected chi connectivity index (χ3v) is 5.86. The van der Waals surface area contributed by atoms with E-state index in [2.05, 4.69) is 29.1 Å². The Morgan fingerprint density at radius 1 is 1.17 bits per heavy atom. The van der Waals surface area contributed by atoms with Crippen LogP contribution in [0.5, 0.6) is 0 Å². The molecule has 24 heavy (non-hydrogen) atoms. The zero-order valence-electron chi connectivity index (χ0n) is 14.5. The molecule has 1 saturated heterocycles. The zero-order chi connectivity index (χ0) is 17.1. The molecule has 5 nitrogen and oxygen atoms in total. The number of hydrogen-bond donors (Lipinski definition) is 0. The second kappa shape index (κ2) is 7.72. The van der Waals surface area contributed by atoms with E-state index in [0.29, 0.717) is 11.6 Å². The van der Waals surface area contributed by atoms with Crippen LogP contribution in [-0.4, -0.2) is 51.9 Å². The van der Waals surface area contributed by atoms with Crippen LogP contribution >= 0.6 is 22.7 Å². The summed E-state index contributed by atoms with van der Waals surface area (Å²) in [6.07, 6.45) is 0.997. The van der Waals surface area contributed by atoms with Crippen molar-refractivity contribution in [1.29, 1.82) is 0 Å². The van der Waals surface area contributed by atoms with Gasteiger partial charge in [0.15, 0.2) is 0 Å². The molecule has 0 radical (unpaired) electrons. The number of carbonyl (C=O) groups is 1. The number of aromatic nitrogens is 2. The summed E-state index contributed by atoms with van der Waals surface area (Å²) in [6, 6.07) is 0. The van der Waals surface area contributed by atoms with Crippen molar-refractivity contribution in [3.63, 3.8) is 0 Å². The Morgan fingerprint density at radius 2 is 2.00 bits per heavy atom. The van der Waals surface area contributed by atoms with Crippen LogP contribution in [0.1, 0.15) is 52.4 Å². The van der Waals surface area contributed by atoms with Gasteiger partial charge in [-0.2, -0.15) is 0 Å². The predicted octanol–water partition coefficient (Wildman–Crippen LogP) is 3.38. The molecule has 1 aliphatic heterocycles. The minimum absolute atomic E-state index is 0.0672. The minimum atomic E-state index is 0.0672. The van der Waals surface area contributed by atoms with Gasteiger partial charge in [-0.15, -0.1) is 22.7 Å². The van der Waals surface area contributed by atoms with E-state index in [1.165, 1.54) is 22.0 Å². The lowest BCUT2D eigenvalue weighted by Gasteiger charge is -2.20. The molecule has 0 spiro atoms.